The minimum atomic E-state index is -1.54. The zero-order valence-corrected chi connectivity index (χ0v) is 40.6. The summed E-state index contributed by atoms with van der Waals surface area (Å²) in [6.45, 7) is 12.5. The highest BCUT2D eigenvalue weighted by Crippen LogP contribution is 2.62. The van der Waals surface area contributed by atoms with Crippen LogP contribution in [0, 0.1) is 33.3 Å². The van der Waals surface area contributed by atoms with Gasteiger partial charge in [0.05, 0.1) is 49.7 Å². The van der Waals surface area contributed by atoms with E-state index in [1.165, 1.54) is 26.4 Å². The largest absolute Gasteiger partial charge is 0.497 e. The molecule has 3 aromatic carbocycles. The number of carbonyl (C=O) groups excluding carboxylic acids is 2. The van der Waals surface area contributed by atoms with Gasteiger partial charge in [-0.15, -0.1) is 6.58 Å². The van der Waals surface area contributed by atoms with Crippen LogP contribution in [0.15, 0.2) is 90.1 Å². The van der Waals surface area contributed by atoms with Crippen LogP contribution in [-0.4, -0.2) is 97.0 Å². The van der Waals surface area contributed by atoms with Crippen LogP contribution in [0.5, 0.6) is 23.0 Å². The summed E-state index contributed by atoms with van der Waals surface area (Å²) in [5.74, 6) is -1.10. The van der Waals surface area contributed by atoms with Gasteiger partial charge in [0.2, 0.25) is 5.79 Å². The molecule has 0 aromatic heterocycles. The molecule has 1 aliphatic heterocycles. The first kappa shape index (κ1) is 52.2. The number of amides is 2. The monoisotopic (exact) mass is 956 g/mol. The summed E-state index contributed by atoms with van der Waals surface area (Å²) in [7, 11) is 3.02. The predicted octanol–water partition coefficient (Wildman–Crippen LogP) is 9.95. The van der Waals surface area contributed by atoms with Gasteiger partial charge in [0.1, 0.15) is 35.6 Å². The Bertz CT molecular complexity index is 2310. The lowest BCUT2D eigenvalue weighted by Crippen LogP contribution is -2.70. The van der Waals surface area contributed by atoms with E-state index in [0.29, 0.717) is 72.9 Å². The van der Waals surface area contributed by atoms with Crippen molar-refractivity contribution in [2.45, 2.75) is 103 Å². The van der Waals surface area contributed by atoms with E-state index < -0.39 is 40.8 Å². The number of hydrogen-bond acceptors (Lipinski definition) is 14. The van der Waals surface area contributed by atoms with Crippen molar-refractivity contribution in [1.82, 2.24) is 4.90 Å². The number of nitro benzene ring substituents is 1. The maximum Gasteiger partial charge on any atom is 0.417 e. The van der Waals surface area contributed by atoms with Crippen LogP contribution >= 0.6 is 0 Å². The molecular weight excluding hydrogens is 889 g/mol. The first-order valence-electron chi connectivity index (χ1n) is 23.8. The Morgan fingerprint density at radius 2 is 1.72 bits per heavy atom. The van der Waals surface area contributed by atoms with Crippen LogP contribution in [0.1, 0.15) is 96.1 Å². The minimum absolute atomic E-state index is 0.00610. The van der Waals surface area contributed by atoms with Gasteiger partial charge >= 0.3 is 12.2 Å². The SMILES string of the molecule is C=CCO[C@@]12Oc3ccc(OC(=O)Nc4ccc(OC)cc4OC)cc3[C@H]3[C@H](CCCCO)[C@@H](CCCCO)C=C(C(=NOCc4ccc([N+](=O)[O-])cc4)C[C@@H]1N(CCC)C(=O)OCC(C)(C)C)[C@H]32. The average Bonchev–Trinajstić information content (AvgIpc) is 3.33. The summed E-state index contributed by atoms with van der Waals surface area (Å²) < 4.78 is 37.2. The molecular formula is C52H68N4O13. The number of fused-ring (bicyclic) bond motifs is 2. The molecule has 3 N–H and O–H groups in total. The number of nitrogens with one attached hydrogen (secondary N) is 1. The molecule has 2 aliphatic carbocycles. The number of oxime groups is 1. The van der Waals surface area contributed by atoms with E-state index in [9.17, 15) is 29.9 Å². The molecule has 1 heterocycles. The Kier molecular flexibility index (Phi) is 18.1. The molecule has 0 radical (unpaired) electrons. The molecule has 17 nitrogen and oxygen atoms in total. The quantitative estimate of drug-likeness (QED) is 0.0350. The van der Waals surface area contributed by atoms with Crippen LogP contribution in [0.2, 0.25) is 0 Å². The summed E-state index contributed by atoms with van der Waals surface area (Å²) in [6.07, 6.45) is 7.31. The third-order valence-electron chi connectivity index (χ3n) is 12.8. The number of ether oxygens (including phenoxy) is 6. The molecule has 0 bridgehead atoms. The zero-order valence-electron chi connectivity index (χ0n) is 40.6. The predicted molar refractivity (Wildman–Crippen MR) is 260 cm³/mol. The maximum atomic E-state index is 14.6. The van der Waals surface area contributed by atoms with Gasteiger partial charge in [-0.2, -0.15) is 0 Å². The summed E-state index contributed by atoms with van der Waals surface area (Å²) >= 11 is 0. The fourth-order valence-corrected chi connectivity index (χ4v) is 9.73. The number of nitrogens with zero attached hydrogens (tertiary/aromatic N) is 3. The fraction of sp³-hybridized carbons (Fsp3) is 0.519. The first-order chi connectivity index (χ1) is 33.2. The number of aliphatic hydroxyl groups is 2. The van der Waals surface area contributed by atoms with Gasteiger partial charge in [-0.3, -0.25) is 20.3 Å². The average molecular weight is 957 g/mol. The summed E-state index contributed by atoms with van der Waals surface area (Å²) in [5, 5.41) is 39.0. The van der Waals surface area contributed by atoms with Gasteiger partial charge in [0, 0.05) is 55.9 Å². The number of non-ortho nitro benzene ring substituents is 1. The number of carbonyl (C=O) groups is 2. The first-order valence-corrected chi connectivity index (χ1v) is 23.8. The Morgan fingerprint density at radius 3 is 2.38 bits per heavy atom. The highest BCUT2D eigenvalue weighted by Gasteiger charge is 2.65. The van der Waals surface area contributed by atoms with Crippen LogP contribution in [0.4, 0.5) is 21.0 Å². The number of allylic oxidation sites excluding steroid dienone is 1. The molecule has 6 atom stereocenters. The summed E-state index contributed by atoms with van der Waals surface area (Å²) in [4.78, 5) is 46.9. The normalized spacial score (nSPS) is 21.9. The molecule has 0 spiro atoms. The molecule has 3 aromatic rings. The summed E-state index contributed by atoms with van der Waals surface area (Å²) in [6, 6.07) is 15.5. The second-order valence-electron chi connectivity index (χ2n) is 18.9. The van der Waals surface area contributed by atoms with E-state index in [1.54, 1.807) is 53.4 Å². The molecule has 69 heavy (non-hydrogen) atoms. The van der Waals surface area contributed by atoms with Crippen molar-refractivity contribution in [3.8, 4) is 23.0 Å². The molecule has 1 saturated carbocycles. The lowest BCUT2D eigenvalue weighted by atomic mass is 9.55. The number of nitro groups is 1. The molecule has 0 unspecified atom stereocenters. The van der Waals surface area contributed by atoms with E-state index >= 15 is 0 Å². The van der Waals surface area contributed by atoms with Gasteiger partial charge < -0.3 is 43.5 Å². The van der Waals surface area contributed by atoms with Crippen molar-refractivity contribution in [3.63, 3.8) is 0 Å². The molecule has 17 heteroatoms. The van der Waals surface area contributed by atoms with Crippen LogP contribution in [0.3, 0.4) is 0 Å². The number of methoxy groups -OCH3 is 2. The number of aliphatic hydroxyl groups excluding tert-OH is 2. The van der Waals surface area contributed by atoms with Gasteiger partial charge in [-0.1, -0.05) is 57.8 Å². The van der Waals surface area contributed by atoms with E-state index in [1.807, 2.05) is 33.8 Å². The van der Waals surface area contributed by atoms with E-state index in [4.69, 9.17) is 38.4 Å². The van der Waals surface area contributed by atoms with Crippen LogP contribution in [-0.2, 0) is 20.9 Å². The van der Waals surface area contributed by atoms with Crippen molar-refractivity contribution in [2.75, 3.05) is 52.5 Å². The third kappa shape index (κ3) is 12.5. The highest BCUT2D eigenvalue weighted by molar-refractivity contribution is 6.03. The zero-order chi connectivity index (χ0) is 49.7. The van der Waals surface area contributed by atoms with Gasteiger partial charge in [0.25, 0.3) is 5.69 Å². The van der Waals surface area contributed by atoms with Crippen molar-refractivity contribution < 1.29 is 58.0 Å². The Balaban J connectivity index is 1.53. The lowest BCUT2D eigenvalue weighted by molar-refractivity contribution is -0.384. The molecule has 2 amide bonds. The van der Waals surface area contributed by atoms with Gasteiger partial charge in [-0.05, 0) is 103 Å². The molecule has 3 aliphatic rings. The van der Waals surface area contributed by atoms with Gasteiger partial charge in [0.15, 0.2) is 0 Å². The highest BCUT2D eigenvalue weighted by atomic mass is 16.7. The number of unbranched alkanes of at least 4 members (excludes halogenated alkanes) is 2. The number of benzene rings is 3. The number of rotatable bonds is 23. The second-order valence-corrected chi connectivity index (χ2v) is 18.9. The Morgan fingerprint density at radius 1 is 1.00 bits per heavy atom. The molecule has 6 rings (SSSR count). The second kappa shape index (κ2) is 23.9. The van der Waals surface area contributed by atoms with E-state index in [-0.39, 0.29) is 68.1 Å². The van der Waals surface area contributed by atoms with E-state index in [0.717, 1.165) is 24.0 Å². The molecule has 0 saturated heterocycles. The van der Waals surface area contributed by atoms with Crippen molar-refractivity contribution in [1.29, 1.82) is 0 Å². The molecule has 374 valence electrons. The summed E-state index contributed by atoms with van der Waals surface area (Å²) in [5.41, 5.74) is 2.78. The smallest absolute Gasteiger partial charge is 0.417 e. The lowest BCUT2D eigenvalue weighted by Gasteiger charge is -2.60. The molecule has 1 fully saturated rings. The van der Waals surface area contributed by atoms with Crippen molar-refractivity contribution in [3.05, 3.63) is 106 Å². The van der Waals surface area contributed by atoms with Crippen LogP contribution < -0.4 is 24.3 Å². The van der Waals surface area contributed by atoms with Crippen LogP contribution in [0.25, 0.3) is 0 Å². The number of anilines is 1. The van der Waals surface area contributed by atoms with Gasteiger partial charge in [-0.25, -0.2) is 9.59 Å². The van der Waals surface area contributed by atoms with Crippen molar-refractivity contribution >= 4 is 29.3 Å². The van der Waals surface area contributed by atoms with Crippen molar-refractivity contribution in [2.24, 2.45) is 28.3 Å². The third-order valence-corrected chi connectivity index (χ3v) is 12.8. The Labute approximate surface area is 404 Å². The maximum absolute atomic E-state index is 14.6. The standard InChI is InChI=1S/C52H68N4O13/c1-8-24-55(50(60)65-33-51(3,4)5)46-31-43(54-67-32-34-16-18-36(19-17-34)56(61)62)40-28-35(14-10-12-25-57)39(15-11-13-26-58)47-41-29-38(21-23-44(41)69-52(46,48(40)47)66-27-9-2)68-49(59)53-42-22-20-37(63-6)30-45(42)64-7/h9,16-23,28-30,35,39,46-48,57-58H,2,8,10-15,24-27,31-33H2,1,3-7H3,(H,53,59)/t35-,39+,46-,47+,48+,52+/m0/s1. The van der Waals surface area contributed by atoms with E-state index in [2.05, 4.69) is 18.0 Å². The number of hydrogen-bond donors (Lipinski definition) is 3. The minimum Gasteiger partial charge on any atom is -0.497 e. The Hall–Kier alpha value is -6.17. The topological polar surface area (TPSA) is 210 Å². The fourth-order valence-electron chi connectivity index (χ4n) is 9.73.